The summed E-state index contributed by atoms with van der Waals surface area (Å²) < 4.78 is 5.86. The van der Waals surface area contributed by atoms with Crippen molar-refractivity contribution in [3.63, 3.8) is 0 Å². The maximum Gasteiger partial charge on any atom is 0.250 e. The van der Waals surface area contributed by atoms with Crippen LogP contribution in [0.25, 0.3) is 33.5 Å². The van der Waals surface area contributed by atoms with Crippen molar-refractivity contribution < 1.29 is 19.1 Å². The number of aromatic nitrogens is 1. The van der Waals surface area contributed by atoms with Gasteiger partial charge in [-0.2, -0.15) is 0 Å². The highest BCUT2D eigenvalue weighted by atomic mass is 35.5. The number of halogens is 2. The van der Waals surface area contributed by atoms with E-state index < -0.39 is 12.5 Å². The quantitative estimate of drug-likeness (QED) is 0.317. The monoisotopic (exact) mass is 482 g/mol. The molecule has 8 heteroatoms. The number of Topliss-reactive ketones (excluding diaryl/α,β-unsaturated/α-hetero) is 1. The zero-order valence-electron chi connectivity index (χ0n) is 17.9. The van der Waals surface area contributed by atoms with Crippen LogP contribution in [0.15, 0.2) is 59.0 Å². The third-order valence-electron chi connectivity index (χ3n) is 5.12. The van der Waals surface area contributed by atoms with Crippen LogP contribution in [-0.4, -0.2) is 28.4 Å². The maximum absolute atomic E-state index is 12.8. The second-order valence-electron chi connectivity index (χ2n) is 7.76. The number of hydrogen-bond acceptors (Lipinski definition) is 5. The van der Waals surface area contributed by atoms with Crippen molar-refractivity contribution in [1.29, 1.82) is 0 Å². The molecule has 0 atom stereocenters. The van der Waals surface area contributed by atoms with Gasteiger partial charge in [-0.3, -0.25) is 9.59 Å². The Balaban J connectivity index is 2.06. The van der Waals surface area contributed by atoms with Crippen molar-refractivity contribution in [3.8, 4) is 22.4 Å². The average molecular weight is 483 g/mol. The highest BCUT2D eigenvalue weighted by Gasteiger charge is 2.26. The summed E-state index contributed by atoms with van der Waals surface area (Å²) >= 11 is 12.6. The van der Waals surface area contributed by atoms with E-state index in [1.807, 2.05) is 30.3 Å². The third kappa shape index (κ3) is 4.50. The molecule has 4 rings (SSSR count). The van der Waals surface area contributed by atoms with E-state index in [2.05, 4.69) is 5.32 Å². The SMILES string of the molecule is CC(C)C(=O)c1oc2nc(-c3ccccc3Cl)c(-c3ccc(Cl)cc3)cc2c1NC(=O)CO. The molecule has 0 unspecified atom stereocenters. The molecule has 0 radical (unpaired) electrons. The van der Waals surface area contributed by atoms with Crippen LogP contribution in [0.3, 0.4) is 0 Å². The van der Waals surface area contributed by atoms with Crippen molar-refractivity contribution in [2.24, 2.45) is 5.92 Å². The van der Waals surface area contributed by atoms with Gasteiger partial charge in [-0.15, -0.1) is 0 Å². The molecular weight excluding hydrogens is 463 g/mol. The Morgan fingerprint density at radius 3 is 2.39 bits per heavy atom. The number of hydrogen-bond donors (Lipinski definition) is 2. The number of anilines is 1. The predicted octanol–water partition coefficient (Wildman–Crippen LogP) is 6.24. The fraction of sp³-hybridized carbons (Fsp3) is 0.160. The van der Waals surface area contributed by atoms with Crippen molar-refractivity contribution in [1.82, 2.24) is 4.98 Å². The standard InChI is InChI=1S/C25H20Cl2N2O4/c1-13(2)23(32)24-22(28-20(31)12-30)18-11-17(14-7-9-15(26)10-8-14)21(29-25(18)33-24)16-5-3-4-6-19(16)27/h3-11,13,30H,12H2,1-2H3,(H,28,31). The number of fused-ring (bicyclic) bond motifs is 1. The molecule has 0 aliphatic carbocycles. The first-order valence-corrected chi connectivity index (χ1v) is 11.0. The number of pyridine rings is 1. The van der Waals surface area contributed by atoms with E-state index in [4.69, 9.17) is 32.6 Å². The lowest BCUT2D eigenvalue weighted by atomic mass is 9.97. The number of amides is 1. The predicted molar refractivity (Wildman–Crippen MR) is 130 cm³/mol. The fourth-order valence-electron chi connectivity index (χ4n) is 3.47. The minimum absolute atomic E-state index is 0.0207. The van der Waals surface area contributed by atoms with Gasteiger partial charge in [-0.1, -0.05) is 67.4 Å². The Bertz CT molecular complexity index is 1360. The number of aliphatic hydroxyl groups is 1. The van der Waals surface area contributed by atoms with E-state index in [1.54, 1.807) is 38.1 Å². The van der Waals surface area contributed by atoms with Crippen molar-refractivity contribution in [2.45, 2.75) is 13.8 Å². The first-order chi connectivity index (χ1) is 15.8. The lowest BCUT2D eigenvalue weighted by Gasteiger charge is -2.12. The van der Waals surface area contributed by atoms with Gasteiger partial charge in [0.05, 0.1) is 11.1 Å². The zero-order chi connectivity index (χ0) is 23.7. The summed E-state index contributed by atoms with van der Waals surface area (Å²) in [5, 5.41) is 13.4. The molecule has 2 aromatic carbocycles. The Morgan fingerprint density at radius 2 is 1.76 bits per heavy atom. The highest BCUT2D eigenvalue weighted by molar-refractivity contribution is 6.33. The van der Waals surface area contributed by atoms with Crippen LogP contribution in [-0.2, 0) is 4.79 Å². The summed E-state index contributed by atoms with van der Waals surface area (Å²) in [6.45, 7) is 2.72. The van der Waals surface area contributed by atoms with Gasteiger partial charge in [0.25, 0.3) is 0 Å². The second-order valence-corrected chi connectivity index (χ2v) is 8.60. The number of aliphatic hydroxyl groups excluding tert-OH is 1. The molecule has 1 amide bonds. The Kier molecular flexibility index (Phi) is 6.51. The summed E-state index contributed by atoms with van der Waals surface area (Å²) in [6.07, 6.45) is 0. The number of carbonyl (C=O) groups is 2. The van der Waals surface area contributed by atoms with Gasteiger partial charge >= 0.3 is 0 Å². The Hall–Kier alpha value is -3.19. The van der Waals surface area contributed by atoms with Crippen molar-refractivity contribution in [2.75, 3.05) is 11.9 Å². The van der Waals surface area contributed by atoms with Gasteiger partial charge in [-0.05, 0) is 29.8 Å². The largest absolute Gasteiger partial charge is 0.432 e. The molecule has 168 valence electrons. The van der Waals surface area contributed by atoms with Gasteiger partial charge in [0, 0.05) is 27.1 Å². The van der Waals surface area contributed by atoms with Crippen molar-refractivity contribution in [3.05, 3.63) is 70.4 Å². The smallest absolute Gasteiger partial charge is 0.250 e. The third-order valence-corrected chi connectivity index (χ3v) is 5.70. The number of nitrogens with zero attached hydrogens (tertiary/aromatic N) is 1. The molecule has 2 N–H and O–H groups in total. The first-order valence-electron chi connectivity index (χ1n) is 10.2. The van der Waals surface area contributed by atoms with Crippen molar-refractivity contribution >= 4 is 51.7 Å². The van der Waals surface area contributed by atoms with E-state index in [0.717, 1.165) is 5.56 Å². The molecule has 0 fully saturated rings. The number of ketones is 1. The summed E-state index contributed by atoms with van der Waals surface area (Å²) in [7, 11) is 0. The molecule has 33 heavy (non-hydrogen) atoms. The summed E-state index contributed by atoms with van der Waals surface area (Å²) in [5.74, 6) is -1.37. The van der Waals surface area contributed by atoms with Gasteiger partial charge < -0.3 is 14.8 Å². The fourth-order valence-corrected chi connectivity index (χ4v) is 3.82. The molecular formula is C25H20Cl2N2O4. The lowest BCUT2D eigenvalue weighted by molar-refractivity contribution is -0.118. The number of carbonyl (C=O) groups excluding carboxylic acids is 2. The molecule has 6 nitrogen and oxygen atoms in total. The lowest BCUT2D eigenvalue weighted by Crippen LogP contribution is -2.18. The maximum atomic E-state index is 12.8. The number of benzene rings is 2. The summed E-state index contributed by atoms with van der Waals surface area (Å²) in [4.78, 5) is 29.6. The molecule has 0 saturated heterocycles. The van der Waals surface area contributed by atoms with E-state index in [-0.39, 0.29) is 28.9 Å². The van der Waals surface area contributed by atoms with E-state index in [1.165, 1.54) is 0 Å². The van der Waals surface area contributed by atoms with Gasteiger partial charge in [0.2, 0.25) is 17.4 Å². The topological polar surface area (TPSA) is 92.4 Å². The molecule has 2 heterocycles. The molecule has 0 bridgehead atoms. The molecule has 0 saturated carbocycles. The zero-order valence-corrected chi connectivity index (χ0v) is 19.4. The number of rotatable bonds is 6. The first kappa shape index (κ1) is 23.0. The van der Waals surface area contributed by atoms with Crippen LogP contribution in [0.2, 0.25) is 10.0 Å². The van der Waals surface area contributed by atoms with Crippen LogP contribution in [0.4, 0.5) is 5.69 Å². The van der Waals surface area contributed by atoms with E-state index in [9.17, 15) is 14.7 Å². The summed E-state index contributed by atoms with van der Waals surface area (Å²) in [6, 6.07) is 16.3. The molecule has 0 spiro atoms. The number of furan rings is 1. The normalized spacial score (nSPS) is 11.2. The van der Waals surface area contributed by atoms with E-state index >= 15 is 0 Å². The second kappa shape index (κ2) is 9.35. The molecule has 4 aromatic rings. The minimum Gasteiger partial charge on any atom is -0.432 e. The minimum atomic E-state index is -0.739. The van der Waals surface area contributed by atoms with Crippen LogP contribution >= 0.6 is 23.2 Å². The average Bonchev–Trinajstić information content (AvgIpc) is 3.15. The van der Waals surface area contributed by atoms with E-state index in [0.29, 0.717) is 32.3 Å². The highest BCUT2D eigenvalue weighted by Crippen LogP contribution is 2.41. The number of nitrogens with one attached hydrogen (secondary N) is 1. The van der Waals surface area contributed by atoms with Gasteiger partial charge in [-0.25, -0.2) is 4.98 Å². The van der Waals surface area contributed by atoms with Crippen LogP contribution < -0.4 is 5.32 Å². The van der Waals surface area contributed by atoms with Crippen LogP contribution in [0.5, 0.6) is 0 Å². The molecule has 0 aliphatic rings. The van der Waals surface area contributed by atoms with Crippen LogP contribution in [0, 0.1) is 5.92 Å². The summed E-state index contributed by atoms with van der Waals surface area (Å²) in [5.41, 5.74) is 3.08. The molecule has 2 aromatic heterocycles. The van der Waals surface area contributed by atoms with Gasteiger partial charge in [0.15, 0.2) is 5.76 Å². The van der Waals surface area contributed by atoms with Gasteiger partial charge in [0.1, 0.15) is 12.3 Å². The Morgan fingerprint density at radius 1 is 1.06 bits per heavy atom. The molecule has 0 aliphatic heterocycles. The Labute approximate surface area is 200 Å². The van der Waals surface area contributed by atoms with Crippen LogP contribution in [0.1, 0.15) is 24.4 Å².